The lowest BCUT2D eigenvalue weighted by Crippen LogP contribution is -2.38. The first-order valence-corrected chi connectivity index (χ1v) is 7.50. The molecule has 1 aliphatic heterocycles. The quantitative estimate of drug-likeness (QED) is 0.930. The molecular formula is C16H21F3N2O. The van der Waals surface area contributed by atoms with Gasteiger partial charge in [-0.25, -0.2) is 0 Å². The highest BCUT2D eigenvalue weighted by Crippen LogP contribution is 2.29. The average Bonchev–Trinajstić information content (AvgIpc) is 2.75. The van der Waals surface area contributed by atoms with E-state index in [2.05, 4.69) is 5.32 Å². The Morgan fingerprint density at radius 3 is 2.55 bits per heavy atom. The van der Waals surface area contributed by atoms with Crippen LogP contribution in [0.5, 0.6) is 0 Å². The Morgan fingerprint density at radius 2 is 1.91 bits per heavy atom. The smallest absolute Gasteiger partial charge is 0.342 e. The zero-order valence-corrected chi connectivity index (χ0v) is 12.6. The third-order valence-corrected chi connectivity index (χ3v) is 4.12. The minimum absolute atomic E-state index is 0.0494. The second-order valence-corrected chi connectivity index (χ2v) is 5.71. The first-order valence-electron chi connectivity index (χ1n) is 7.50. The van der Waals surface area contributed by atoms with E-state index in [9.17, 15) is 18.0 Å². The number of rotatable bonds is 3. The molecule has 22 heavy (non-hydrogen) atoms. The number of likely N-dealkylation sites (N-methyl/N-ethyl adjacent to an activating group) is 1. The van der Waals surface area contributed by atoms with Gasteiger partial charge < -0.3 is 10.2 Å². The van der Waals surface area contributed by atoms with Gasteiger partial charge in [-0.2, -0.15) is 13.2 Å². The topological polar surface area (TPSA) is 32.3 Å². The van der Waals surface area contributed by atoms with Crippen molar-refractivity contribution in [3.8, 4) is 0 Å². The van der Waals surface area contributed by atoms with Crippen molar-refractivity contribution >= 4 is 5.91 Å². The number of alkyl halides is 3. The summed E-state index contributed by atoms with van der Waals surface area (Å²) in [5, 5.41) is 3.30. The lowest BCUT2D eigenvalue weighted by atomic mass is 10.1. The van der Waals surface area contributed by atoms with E-state index in [1.807, 2.05) is 0 Å². The first-order chi connectivity index (χ1) is 10.4. The molecule has 1 saturated heterocycles. The Hall–Kier alpha value is -1.56. The van der Waals surface area contributed by atoms with E-state index in [0.717, 1.165) is 44.5 Å². The van der Waals surface area contributed by atoms with Crippen molar-refractivity contribution in [1.82, 2.24) is 10.2 Å². The predicted octanol–water partition coefficient (Wildman–Crippen LogP) is 2.85. The summed E-state index contributed by atoms with van der Waals surface area (Å²) in [6.45, 7) is 1.86. The molecule has 0 radical (unpaired) electrons. The van der Waals surface area contributed by atoms with E-state index in [1.54, 1.807) is 11.9 Å². The van der Waals surface area contributed by atoms with Gasteiger partial charge in [0.05, 0.1) is 12.0 Å². The van der Waals surface area contributed by atoms with E-state index in [-0.39, 0.29) is 18.4 Å². The molecule has 1 fully saturated rings. The number of carbonyl (C=O) groups is 1. The number of benzene rings is 1. The maximum absolute atomic E-state index is 12.5. The van der Waals surface area contributed by atoms with Crippen molar-refractivity contribution in [2.75, 3.05) is 20.1 Å². The van der Waals surface area contributed by atoms with Gasteiger partial charge in [-0.1, -0.05) is 12.1 Å². The molecule has 1 atom stereocenters. The van der Waals surface area contributed by atoms with Crippen LogP contribution in [-0.2, 0) is 17.4 Å². The third kappa shape index (κ3) is 4.47. The zero-order chi connectivity index (χ0) is 16.2. The second kappa shape index (κ2) is 7.13. The normalized spacial score (nSPS) is 19.5. The van der Waals surface area contributed by atoms with Crippen LogP contribution in [0.1, 0.15) is 30.4 Å². The summed E-state index contributed by atoms with van der Waals surface area (Å²) in [4.78, 5) is 14.0. The summed E-state index contributed by atoms with van der Waals surface area (Å²) in [5.41, 5.74) is -0.0801. The fourth-order valence-corrected chi connectivity index (χ4v) is 2.70. The predicted molar refractivity (Wildman–Crippen MR) is 78.4 cm³/mol. The highest BCUT2D eigenvalue weighted by molar-refractivity contribution is 5.78. The van der Waals surface area contributed by atoms with Crippen LogP contribution in [0.4, 0.5) is 13.2 Å². The van der Waals surface area contributed by atoms with Crippen molar-refractivity contribution < 1.29 is 18.0 Å². The molecule has 1 N–H and O–H groups in total. The largest absolute Gasteiger partial charge is 0.416 e. The van der Waals surface area contributed by atoms with Crippen LogP contribution in [0.2, 0.25) is 0 Å². The summed E-state index contributed by atoms with van der Waals surface area (Å²) >= 11 is 0. The number of nitrogens with one attached hydrogen (secondary N) is 1. The van der Waals surface area contributed by atoms with Crippen molar-refractivity contribution in [3.05, 3.63) is 35.4 Å². The van der Waals surface area contributed by atoms with E-state index >= 15 is 0 Å². The van der Waals surface area contributed by atoms with E-state index < -0.39 is 11.7 Å². The van der Waals surface area contributed by atoms with Gasteiger partial charge in [0.2, 0.25) is 5.91 Å². The van der Waals surface area contributed by atoms with Crippen LogP contribution >= 0.6 is 0 Å². The molecule has 0 saturated carbocycles. The summed E-state index contributed by atoms with van der Waals surface area (Å²) in [6, 6.07) is 5.01. The Morgan fingerprint density at radius 1 is 1.23 bits per heavy atom. The van der Waals surface area contributed by atoms with Crippen molar-refractivity contribution in [2.24, 2.45) is 0 Å². The lowest BCUT2D eigenvalue weighted by Gasteiger charge is -2.27. The lowest BCUT2D eigenvalue weighted by molar-refractivity contribution is -0.137. The summed E-state index contributed by atoms with van der Waals surface area (Å²) < 4.78 is 37.5. The average molecular weight is 314 g/mol. The summed E-state index contributed by atoms with van der Waals surface area (Å²) in [6.07, 6.45) is -1.30. The van der Waals surface area contributed by atoms with Crippen molar-refractivity contribution in [2.45, 2.75) is 37.9 Å². The summed E-state index contributed by atoms with van der Waals surface area (Å²) in [7, 11) is 1.78. The monoisotopic (exact) mass is 314 g/mol. The Kier molecular flexibility index (Phi) is 5.45. The van der Waals surface area contributed by atoms with Crippen LogP contribution in [0.3, 0.4) is 0 Å². The number of nitrogens with zero attached hydrogens (tertiary/aromatic N) is 1. The van der Waals surface area contributed by atoms with Gasteiger partial charge in [0.25, 0.3) is 0 Å². The standard InChI is InChI=1S/C16H21F3N2O/c1-21(14-3-2-9-20-10-8-14)15(22)11-12-4-6-13(7-5-12)16(17,18)19/h4-7,14,20H,2-3,8-11H2,1H3. The maximum Gasteiger partial charge on any atom is 0.416 e. The molecular weight excluding hydrogens is 293 g/mol. The minimum atomic E-state index is -4.34. The molecule has 2 rings (SSSR count). The minimum Gasteiger partial charge on any atom is -0.342 e. The summed E-state index contributed by atoms with van der Waals surface area (Å²) in [5.74, 6) is -0.0494. The van der Waals surface area contributed by atoms with Crippen LogP contribution in [0.15, 0.2) is 24.3 Å². The SMILES string of the molecule is CN(C(=O)Cc1ccc(C(F)(F)F)cc1)C1CCCNCC1. The van der Waals surface area contributed by atoms with E-state index in [1.165, 1.54) is 12.1 Å². The molecule has 1 aliphatic rings. The number of halogens is 3. The Labute approximate surface area is 128 Å². The van der Waals surface area contributed by atoms with Gasteiger partial charge in [0, 0.05) is 13.1 Å². The van der Waals surface area contributed by atoms with Gasteiger partial charge in [-0.15, -0.1) is 0 Å². The molecule has 1 aromatic carbocycles. The zero-order valence-electron chi connectivity index (χ0n) is 12.6. The van der Waals surface area contributed by atoms with Crippen LogP contribution in [-0.4, -0.2) is 37.0 Å². The van der Waals surface area contributed by atoms with Crippen LogP contribution in [0, 0.1) is 0 Å². The number of carbonyl (C=O) groups excluding carboxylic acids is 1. The van der Waals surface area contributed by atoms with Gasteiger partial charge in [0.15, 0.2) is 0 Å². The fraction of sp³-hybridized carbons (Fsp3) is 0.562. The molecule has 122 valence electrons. The van der Waals surface area contributed by atoms with Gasteiger partial charge in [-0.3, -0.25) is 4.79 Å². The molecule has 0 spiro atoms. The van der Waals surface area contributed by atoms with Crippen LogP contribution < -0.4 is 5.32 Å². The van der Waals surface area contributed by atoms with Crippen LogP contribution in [0.25, 0.3) is 0 Å². The Balaban J connectivity index is 1.95. The second-order valence-electron chi connectivity index (χ2n) is 5.71. The van der Waals surface area contributed by atoms with Gasteiger partial charge in [-0.05, 0) is 50.0 Å². The fourth-order valence-electron chi connectivity index (χ4n) is 2.70. The maximum atomic E-state index is 12.5. The Bertz CT molecular complexity index is 491. The van der Waals surface area contributed by atoms with Crippen molar-refractivity contribution in [1.29, 1.82) is 0 Å². The molecule has 1 unspecified atom stereocenters. The van der Waals surface area contributed by atoms with Crippen molar-refractivity contribution in [3.63, 3.8) is 0 Å². The third-order valence-electron chi connectivity index (χ3n) is 4.12. The number of amides is 1. The van der Waals surface area contributed by atoms with E-state index in [4.69, 9.17) is 0 Å². The molecule has 1 aromatic rings. The molecule has 3 nitrogen and oxygen atoms in total. The van der Waals surface area contributed by atoms with Gasteiger partial charge >= 0.3 is 6.18 Å². The molecule has 0 bridgehead atoms. The molecule has 0 aliphatic carbocycles. The van der Waals surface area contributed by atoms with E-state index in [0.29, 0.717) is 5.56 Å². The number of hydrogen-bond acceptors (Lipinski definition) is 2. The molecule has 6 heteroatoms. The first kappa shape index (κ1) is 16.8. The van der Waals surface area contributed by atoms with Gasteiger partial charge in [0.1, 0.15) is 0 Å². The molecule has 1 amide bonds. The molecule has 1 heterocycles. The number of hydrogen-bond donors (Lipinski definition) is 1. The highest BCUT2D eigenvalue weighted by atomic mass is 19.4. The molecule has 0 aromatic heterocycles. The highest BCUT2D eigenvalue weighted by Gasteiger charge is 2.30.